The zero-order valence-electron chi connectivity index (χ0n) is 10.9. The maximum absolute atomic E-state index is 9.38. The Morgan fingerprint density at radius 3 is 2.80 bits per heavy atom. The van der Waals surface area contributed by atoms with Crippen LogP contribution in [0.3, 0.4) is 0 Å². The van der Waals surface area contributed by atoms with Gasteiger partial charge in [0, 0.05) is 6.54 Å². The van der Waals surface area contributed by atoms with Gasteiger partial charge in [-0.2, -0.15) is 5.26 Å². The zero-order chi connectivity index (χ0) is 14.5. The van der Waals surface area contributed by atoms with Gasteiger partial charge in [-0.3, -0.25) is 0 Å². The molecule has 0 aliphatic heterocycles. The summed E-state index contributed by atoms with van der Waals surface area (Å²) in [5, 5.41) is 21.9. The molecular weight excluding hydrogens is 276 g/mol. The van der Waals surface area contributed by atoms with Gasteiger partial charge in [-0.1, -0.05) is 23.7 Å². The van der Waals surface area contributed by atoms with Crippen molar-refractivity contribution < 1.29 is 9.84 Å². The van der Waals surface area contributed by atoms with Gasteiger partial charge in [0.15, 0.2) is 0 Å². The molecule has 0 heterocycles. The Hall–Kier alpha value is -2.38. The summed E-state index contributed by atoms with van der Waals surface area (Å²) in [4.78, 5) is 0. The average molecular weight is 289 g/mol. The molecule has 2 N–H and O–H groups in total. The SMILES string of the molecule is COc1cccc(C#N)c1NCc1ccc(O)c(Cl)c1. The normalized spacial score (nSPS) is 9.85. The van der Waals surface area contributed by atoms with Gasteiger partial charge in [0.25, 0.3) is 0 Å². The first-order chi connectivity index (χ1) is 9.65. The van der Waals surface area contributed by atoms with Gasteiger partial charge < -0.3 is 15.2 Å². The van der Waals surface area contributed by atoms with Gasteiger partial charge >= 0.3 is 0 Å². The van der Waals surface area contributed by atoms with Crippen molar-refractivity contribution in [3.63, 3.8) is 0 Å². The summed E-state index contributed by atoms with van der Waals surface area (Å²) in [7, 11) is 1.55. The number of ether oxygens (including phenoxy) is 1. The highest BCUT2D eigenvalue weighted by atomic mass is 35.5. The number of rotatable bonds is 4. The van der Waals surface area contributed by atoms with Crippen molar-refractivity contribution in [1.82, 2.24) is 0 Å². The number of aromatic hydroxyl groups is 1. The van der Waals surface area contributed by atoms with Crippen LogP contribution in [0, 0.1) is 11.3 Å². The standard InChI is InChI=1S/C15H13ClN2O2/c1-20-14-4-2-3-11(8-17)15(14)18-9-10-5-6-13(19)12(16)7-10/h2-7,18-19H,9H2,1H3. The lowest BCUT2D eigenvalue weighted by molar-refractivity contribution is 0.416. The Labute approximate surface area is 122 Å². The van der Waals surface area contributed by atoms with Crippen molar-refractivity contribution in [3.05, 3.63) is 52.5 Å². The quantitative estimate of drug-likeness (QED) is 0.903. The Morgan fingerprint density at radius 1 is 1.35 bits per heavy atom. The molecule has 2 aromatic carbocycles. The number of para-hydroxylation sites is 1. The minimum atomic E-state index is 0.0467. The van der Waals surface area contributed by atoms with Gasteiger partial charge in [0.2, 0.25) is 0 Å². The molecule has 0 aliphatic carbocycles. The number of benzene rings is 2. The number of phenols is 1. The lowest BCUT2D eigenvalue weighted by Gasteiger charge is -2.13. The molecule has 0 saturated carbocycles. The van der Waals surface area contributed by atoms with Crippen LogP contribution in [-0.2, 0) is 6.54 Å². The largest absolute Gasteiger partial charge is 0.506 e. The van der Waals surface area contributed by atoms with Crippen LogP contribution >= 0.6 is 11.6 Å². The number of halogens is 1. The molecule has 0 amide bonds. The summed E-state index contributed by atoms with van der Waals surface area (Å²) < 4.78 is 5.24. The molecule has 0 saturated heterocycles. The summed E-state index contributed by atoms with van der Waals surface area (Å²) in [5.41, 5.74) is 2.04. The highest BCUT2D eigenvalue weighted by Gasteiger charge is 2.08. The summed E-state index contributed by atoms with van der Waals surface area (Å²) in [6.07, 6.45) is 0. The van der Waals surface area contributed by atoms with Crippen LogP contribution < -0.4 is 10.1 Å². The first-order valence-electron chi connectivity index (χ1n) is 5.94. The Morgan fingerprint density at radius 2 is 2.15 bits per heavy atom. The minimum absolute atomic E-state index is 0.0467. The predicted molar refractivity (Wildman–Crippen MR) is 78.2 cm³/mol. The van der Waals surface area contributed by atoms with E-state index in [-0.39, 0.29) is 5.75 Å². The van der Waals surface area contributed by atoms with Crippen molar-refractivity contribution in [3.8, 4) is 17.6 Å². The number of nitrogens with zero attached hydrogens (tertiary/aromatic N) is 1. The van der Waals surface area contributed by atoms with E-state index < -0.39 is 0 Å². The van der Waals surface area contributed by atoms with Crippen molar-refractivity contribution >= 4 is 17.3 Å². The van der Waals surface area contributed by atoms with E-state index in [1.165, 1.54) is 6.07 Å². The lowest BCUT2D eigenvalue weighted by Crippen LogP contribution is -2.03. The van der Waals surface area contributed by atoms with Crippen LogP contribution in [0.4, 0.5) is 5.69 Å². The molecule has 0 unspecified atom stereocenters. The second-order valence-corrected chi connectivity index (χ2v) is 4.54. The third-order valence-electron chi connectivity index (χ3n) is 2.85. The van der Waals surface area contributed by atoms with Crippen molar-refractivity contribution in [2.75, 3.05) is 12.4 Å². The first kappa shape index (κ1) is 14.0. The fourth-order valence-corrected chi connectivity index (χ4v) is 2.03. The topological polar surface area (TPSA) is 65.3 Å². The third-order valence-corrected chi connectivity index (χ3v) is 3.15. The molecule has 0 bridgehead atoms. The number of methoxy groups -OCH3 is 1. The van der Waals surface area contributed by atoms with E-state index in [1.54, 1.807) is 37.4 Å². The maximum atomic E-state index is 9.38. The molecule has 0 fully saturated rings. The van der Waals surface area contributed by atoms with E-state index in [0.29, 0.717) is 28.6 Å². The Kier molecular flexibility index (Phi) is 4.34. The van der Waals surface area contributed by atoms with Gasteiger partial charge in [-0.25, -0.2) is 0 Å². The minimum Gasteiger partial charge on any atom is -0.506 e. The van der Waals surface area contributed by atoms with Crippen LogP contribution in [-0.4, -0.2) is 12.2 Å². The number of phenolic OH excluding ortho intramolecular Hbond substituents is 1. The van der Waals surface area contributed by atoms with E-state index in [9.17, 15) is 5.11 Å². The van der Waals surface area contributed by atoms with E-state index in [2.05, 4.69) is 11.4 Å². The first-order valence-corrected chi connectivity index (χ1v) is 6.32. The van der Waals surface area contributed by atoms with E-state index in [0.717, 1.165) is 5.56 Å². The second-order valence-electron chi connectivity index (χ2n) is 4.13. The molecule has 2 rings (SSSR count). The van der Waals surface area contributed by atoms with Crippen LogP contribution in [0.2, 0.25) is 5.02 Å². The summed E-state index contributed by atoms with van der Waals surface area (Å²) >= 11 is 5.86. The van der Waals surface area contributed by atoms with Crippen LogP contribution in [0.25, 0.3) is 0 Å². The van der Waals surface area contributed by atoms with Gasteiger partial charge in [-0.15, -0.1) is 0 Å². The van der Waals surface area contributed by atoms with Gasteiger partial charge in [-0.05, 0) is 29.8 Å². The fourth-order valence-electron chi connectivity index (χ4n) is 1.83. The van der Waals surface area contributed by atoms with Crippen LogP contribution in [0.5, 0.6) is 11.5 Å². The molecule has 0 aromatic heterocycles. The van der Waals surface area contributed by atoms with Crippen LogP contribution in [0.15, 0.2) is 36.4 Å². The van der Waals surface area contributed by atoms with Crippen molar-refractivity contribution in [2.24, 2.45) is 0 Å². The Bertz CT molecular complexity index is 665. The molecule has 2 aromatic rings. The number of nitrogens with one attached hydrogen (secondary N) is 1. The smallest absolute Gasteiger partial charge is 0.143 e. The third kappa shape index (κ3) is 2.95. The molecular formula is C15H13ClN2O2. The average Bonchev–Trinajstić information content (AvgIpc) is 2.48. The molecule has 4 nitrogen and oxygen atoms in total. The second kappa shape index (κ2) is 6.18. The maximum Gasteiger partial charge on any atom is 0.143 e. The molecule has 0 spiro atoms. The molecule has 102 valence electrons. The molecule has 20 heavy (non-hydrogen) atoms. The highest BCUT2D eigenvalue weighted by molar-refractivity contribution is 6.32. The van der Waals surface area contributed by atoms with E-state index in [1.807, 2.05) is 0 Å². The van der Waals surface area contributed by atoms with Crippen LogP contribution in [0.1, 0.15) is 11.1 Å². The monoisotopic (exact) mass is 288 g/mol. The molecule has 0 atom stereocenters. The number of hydrogen-bond donors (Lipinski definition) is 2. The van der Waals surface area contributed by atoms with Gasteiger partial charge in [0.1, 0.15) is 17.6 Å². The molecule has 0 aliphatic rings. The highest BCUT2D eigenvalue weighted by Crippen LogP contribution is 2.29. The zero-order valence-corrected chi connectivity index (χ0v) is 11.6. The number of hydrogen-bond acceptors (Lipinski definition) is 4. The summed E-state index contributed by atoms with van der Waals surface area (Å²) in [5.74, 6) is 0.652. The molecule has 5 heteroatoms. The summed E-state index contributed by atoms with van der Waals surface area (Å²) in [6, 6.07) is 12.4. The lowest BCUT2D eigenvalue weighted by atomic mass is 10.1. The van der Waals surface area contributed by atoms with Crippen molar-refractivity contribution in [1.29, 1.82) is 5.26 Å². The van der Waals surface area contributed by atoms with E-state index >= 15 is 0 Å². The summed E-state index contributed by atoms with van der Waals surface area (Å²) in [6.45, 7) is 0.467. The van der Waals surface area contributed by atoms with E-state index in [4.69, 9.17) is 21.6 Å². The number of anilines is 1. The van der Waals surface area contributed by atoms with Crippen molar-refractivity contribution in [2.45, 2.75) is 6.54 Å². The predicted octanol–water partition coefficient (Wildman–Crippen LogP) is 3.54. The fraction of sp³-hybridized carbons (Fsp3) is 0.133. The van der Waals surface area contributed by atoms with Gasteiger partial charge in [0.05, 0.1) is 23.4 Å². The number of nitriles is 1. The molecule has 0 radical (unpaired) electrons. The Balaban J connectivity index is 2.22.